The van der Waals surface area contributed by atoms with Crippen molar-refractivity contribution in [3.05, 3.63) is 212 Å². The van der Waals surface area contributed by atoms with E-state index in [4.69, 9.17) is 15.0 Å². The van der Waals surface area contributed by atoms with Crippen LogP contribution >= 0.6 is 11.3 Å². The molecule has 0 radical (unpaired) electrons. The highest BCUT2D eigenvalue weighted by Gasteiger charge is 2.19. The van der Waals surface area contributed by atoms with Gasteiger partial charge in [0.25, 0.3) is 0 Å². The number of hydrogen-bond donors (Lipinski definition) is 0. The van der Waals surface area contributed by atoms with E-state index in [1.54, 1.807) is 0 Å². The Morgan fingerprint density at radius 1 is 0.295 bits per heavy atom. The molecular weight excluding hydrogens is 759 g/mol. The highest BCUT2D eigenvalue weighted by atomic mass is 32.1. The minimum absolute atomic E-state index is 0.712. The van der Waals surface area contributed by atoms with Crippen LogP contribution in [0.2, 0.25) is 0 Å². The standard InChI is InChI=1S/C57H35N3S/c1-4-14-38(15-5-1)50-35-51(60-57(59-50)40-18-8-3-9-19-40)46-30-29-42(43-20-10-11-21-44(43)46)37-26-24-36(25-27-37)41-28-32-52-48(34-41)54-53(61-52)33-31-47-45-22-12-13-23-49(45)58-56(55(47)54)39-16-6-2-7-17-39/h1-35H. The van der Waals surface area contributed by atoms with Crippen molar-refractivity contribution in [3.63, 3.8) is 0 Å². The Kier molecular flexibility index (Phi) is 8.36. The molecule has 9 aromatic carbocycles. The van der Waals surface area contributed by atoms with Crippen LogP contribution in [0.1, 0.15) is 0 Å². The van der Waals surface area contributed by atoms with Crippen molar-refractivity contribution in [3.8, 4) is 67.4 Å². The maximum atomic E-state index is 5.30. The van der Waals surface area contributed by atoms with E-state index in [-0.39, 0.29) is 0 Å². The van der Waals surface area contributed by atoms with E-state index in [1.807, 2.05) is 35.6 Å². The van der Waals surface area contributed by atoms with Gasteiger partial charge in [-0.15, -0.1) is 11.3 Å². The van der Waals surface area contributed by atoms with Gasteiger partial charge in [0.15, 0.2) is 5.82 Å². The molecule has 0 atom stereocenters. The van der Waals surface area contributed by atoms with Crippen LogP contribution in [0.4, 0.5) is 0 Å². The zero-order valence-corrected chi connectivity index (χ0v) is 33.8. The van der Waals surface area contributed by atoms with Crippen molar-refractivity contribution in [1.82, 2.24) is 15.0 Å². The molecule has 0 amide bonds. The maximum absolute atomic E-state index is 5.30. The van der Waals surface area contributed by atoms with Crippen LogP contribution in [0.15, 0.2) is 212 Å². The van der Waals surface area contributed by atoms with E-state index in [9.17, 15) is 0 Å². The van der Waals surface area contributed by atoms with Gasteiger partial charge in [0.2, 0.25) is 0 Å². The molecule has 0 bridgehead atoms. The third-order valence-corrected chi connectivity index (χ3v) is 13.0. The SMILES string of the molecule is c1ccc(-c2cc(-c3ccc(-c4ccc(-c5ccc6sc7ccc8c9ccccc9nc(-c9ccccc9)c8c7c6c5)cc4)c4ccccc34)nc(-c3ccccc3)n2)cc1. The summed E-state index contributed by atoms with van der Waals surface area (Å²) >= 11 is 1.85. The summed E-state index contributed by atoms with van der Waals surface area (Å²) in [6, 6.07) is 75.6. The second kappa shape index (κ2) is 14.5. The highest BCUT2D eigenvalue weighted by molar-refractivity contribution is 7.26. The van der Waals surface area contributed by atoms with Crippen molar-refractivity contribution in [2.45, 2.75) is 0 Å². The number of aromatic nitrogens is 3. The van der Waals surface area contributed by atoms with Crippen LogP contribution in [0, 0.1) is 0 Å². The molecule has 3 heterocycles. The third-order valence-electron chi connectivity index (χ3n) is 11.9. The topological polar surface area (TPSA) is 38.7 Å². The van der Waals surface area contributed by atoms with Gasteiger partial charge >= 0.3 is 0 Å². The van der Waals surface area contributed by atoms with E-state index in [1.165, 1.54) is 64.0 Å². The van der Waals surface area contributed by atoms with Crippen LogP contribution in [-0.4, -0.2) is 15.0 Å². The lowest BCUT2D eigenvalue weighted by Gasteiger charge is -2.14. The van der Waals surface area contributed by atoms with Crippen molar-refractivity contribution >= 4 is 64.0 Å². The molecule has 0 aliphatic rings. The molecule has 3 aromatic heterocycles. The fourth-order valence-corrected chi connectivity index (χ4v) is 10.1. The normalized spacial score (nSPS) is 11.6. The fourth-order valence-electron chi connectivity index (χ4n) is 8.97. The van der Waals surface area contributed by atoms with Crippen LogP contribution in [0.5, 0.6) is 0 Å². The molecule has 0 aliphatic carbocycles. The number of rotatable bonds is 6. The lowest BCUT2D eigenvalue weighted by atomic mass is 9.92. The van der Waals surface area contributed by atoms with Crippen molar-refractivity contribution < 1.29 is 0 Å². The van der Waals surface area contributed by atoms with Crippen molar-refractivity contribution in [2.75, 3.05) is 0 Å². The van der Waals surface area contributed by atoms with Crippen LogP contribution in [0.3, 0.4) is 0 Å². The van der Waals surface area contributed by atoms with Gasteiger partial charge in [0, 0.05) is 53.2 Å². The first-order chi connectivity index (χ1) is 30.2. The quantitative estimate of drug-likeness (QED) is 0.157. The first kappa shape index (κ1) is 35.2. The minimum Gasteiger partial charge on any atom is -0.247 e. The molecule has 0 spiro atoms. The van der Waals surface area contributed by atoms with Gasteiger partial charge in [-0.3, -0.25) is 0 Å². The molecule has 12 rings (SSSR count). The zero-order chi connectivity index (χ0) is 40.3. The lowest BCUT2D eigenvalue weighted by molar-refractivity contribution is 1.18. The Morgan fingerprint density at radius 3 is 1.62 bits per heavy atom. The van der Waals surface area contributed by atoms with Gasteiger partial charge in [0.05, 0.1) is 22.6 Å². The molecule has 0 aliphatic heterocycles. The smallest absolute Gasteiger partial charge is 0.160 e. The first-order valence-electron chi connectivity index (χ1n) is 20.6. The molecule has 0 fully saturated rings. The Bertz CT molecular complexity index is 3560. The largest absolute Gasteiger partial charge is 0.247 e. The number of pyridine rings is 1. The number of nitrogens with zero attached hydrogens (tertiary/aromatic N) is 3. The average molecular weight is 794 g/mol. The Balaban J connectivity index is 0.962. The first-order valence-corrected chi connectivity index (χ1v) is 21.4. The number of para-hydroxylation sites is 1. The number of fused-ring (bicyclic) bond motifs is 8. The monoisotopic (exact) mass is 793 g/mol. The van der Waals surface area contributed by atoms with Gasteiger partial charge in [-0.1, -0.05) is 182 Å². The zero-order valence-electron chi connectivity index (χ0n) is 33.0. The molecule has 0 N–H and O–H groups in total. The van der Waals surface area contributed by atoms with Crippen LogP contribution in [-0.2, 0) is 0 Å². The molecule has 0 unspecified atom stereocenters. The van der Waals surface area contributed by atoms with Crippen molar-refractivity contribution in [2.24, 2.45) is 0 Å². The van der Waals surface area contributed by atoms with Crippen molar-refractivity contribution in [1.29, 1.82) is 0 Å². The van der Waals surface area contributed by atoms with Gasteiger partial charge in [0.1, 0.15) is 0 Å². The summed E-state index contributed by atoms with van der Waals surface area (Å²) < 4.78 is 2.55. The molecule has 0 saturated heterocycles. The molecule has 3 nitrogen and oxygen atoms in total. The Morgan fingerprint density at radius 2 is 0.869 bits per heavy atom. The lowest BCUT2D eigenvalue weighted by Crippen LogP contribution is -1.96. The predicted molar refractivity (Wildman–Crippen MR) is 258 cm³/mol. The summed E-state index contributed by atoms with van der Waals surface area (Å²) in [5, 5.41) is 8.50. The molecular formula is C57H35N3S. The molecule has 4 heteroatoms. The van der Waals surface area contributed by atoms with E-state index < -0.39 is 0 Å². The molecule has 61 heavy (non-hydrogen) atoms. The van der Waals surface area contributed by atoms with E-state index >= 15 is 0 Å². The predicted octanol–water partition coefficient (Wildman–Crippen LogP) is 15.7. The summed E-state index contributed by atoms with van der Waals surface area (Å²) in [5.74, 6) is 0.712. The summed E-state index contributed by atoms with van der Waals surface area (Å²) in [4.78, 5) is 15.5. The molecule has 284 valence electrons. The fraction of sp³-hybridized carbons (Fsp3) is 0. The number of hydrogen-bond acceptors (Lipinski definition) is 4. The van der Waals surface area contributed by atoms with E-state index in [2.05, 4.69) is 188 Å². The Hall–Kier alpha value is -7.79. The van der Waals surface area contributed by atoms with Gasteiger partial charge in [-0.05, 0) is 68.7 Å². The maximum Gasteiger partial charge on any atom is 0.160 e. The van der Waals surface area contributed by atoms with Gasteiger partial charge in [-0.2, -0.15) is 0 Å². The summed E-state index contributed by atoms with van der Waals surface area (Å²) in [6.45, 7) is 0. The third kappa shape index (κ3) is 6.07. The summed E-state index contributed by atoms with van der Waals surface area (Å²) in [7, 11) is 0. The molecule has 0 saturated carbocycles. The second-order valence-corrected chi connectivity index (χ2v) is 16.6. The Labute approximate surface area is 356 Å². The highest BCUT2D eigenvalue weighted by Crippen LogP contribution is 2.45. The summed E-state index contributed by atoms with van der Waals surface area (Å²) in [5.41, 5.74) is 12.8. The molecule has 12 aromatic rings. The summed E-state index contributed by atoms with van der Waals surface area (Å²) in [6.07, 6.45) is 0. The van der Waals surface area contributed by atoms with E-state index in [0.717, 1.165) is 50.2 Å². The van der Waals surface area contributed by atoms with Crippen LogP contribution in [0.25, 0.3) is 120 Å². The minimum atomic E-state index is 0.712. The van der Waals surface area contributed by atoms with E-state index in [0.29, 0.717) is 5.82 Å². The number of thiophene rings is 1. The number of benzene rings is 9. The second-order valence-electron chi connectivity index (χ2n) is 15.5. The average Bonchev–Trinajstić information content (AvgIpc) is 3.72. The van der Waals surface area contributed by atoms with Gasteiger partial charge in [-0.25, -0.2) is 15.0 Å². The van der Waals surface area contributed by atoms with Crippen LogP contribution < -0.4 is 0 Å². The van der Waals surface area contributed by atoms with Gasteiger partial charge < -0.3 is 0 Å².